The molecule has 2 aromatic rings. The molecule has 2 rings (SSSR count). The smallest absolute Gasteiger partial charge is 0.0590 e. The van der Waals surface area contributed by atoms with Crippen LogP contribution in [0.15, 0.2) is 64.2 Å². The number of halogens is 1. The summed E-state index contributed by atoms with van der Waals surface area (Å²) in [4.78, 5) is 0. The van der Waals surface area contributed by atoms with E-state index < -0.39 is 0 Å². The van der Waals surface area contributed by atoms with Crippen LogP contribution in [0.4, 0.5) is 5.69 Å². The minimum Gasteiger partial charge on any atom is -0.269 e. The second kappa shape index (κ2) is 5.64. The number of hydrogen-bond acceptors (Lipinski definition) is 2. The average molecular weight is 289 g/mol. The van der Waals surface area contributed by atoms with Crippen molar-refractivity contribution in [1.82, 2.24) is 0 Å². The van der Waals surface area contributed by atoms with Gasteiger partial charge in [0.2, 0.25) is 0 Å². The first-order chi connectivity index (χ1) is 8.25. The van der Waals surface area contributed by atoms with Gasteiger partial charge in [0.1, 0.15) is 0 Å². The Balaban J connectivity index is 2.08. The van der Waals surface area contributed by atoms with E-state index in [-0.39, 0.29) is 0 Å². The summed E-state index contributed by atoms with van der Waals surface area (Å²) in [5, 5.41) is 6.24. The van der Waals surface area contributed by atoms with Gasteiger partial charge in [0, 0.05) is 11.5 Å². The van der Waals surface area contributed by atoms with Crippen LogP contribution >= 0.6 is 15.9 Å². The van der Waals surface area contributed by atoms with Gasteiger partial charge in [0.15, 0.2) is 0 Å². The van der Waals surface area contributed by atoms with E-state index in [1.807, 2.05) is 72.9 Å². The van der Waals surface area contributed by atoms with Gasteiger partial charge >= 0.3 is 0 Å². The monoisotopic (exact) mass is 288 g/mol. The third-order valence-corrected chi connectivity index (χ3v) is 2.91. The molecule has 0 saturated heterocycles. The highest BCUT2D eigenvalue weighted by Gasteiger charge is 1.95. The Morgan fingerprint density at radius 2 is 1.65 bits per heavy atom. The van der Waals surface area contributed by atoms with Gasteiger partial charge in [-0.3, -0.25) is 5.01 Å². The molecule has 0 radical (unpaired) electrons. The van der Waals surface area contributed by atoms with E-state index in [1.54, 1.807) is 0 Å². The van der Waals surface area contributed by atoms with E-state index in [2.05, 4.69) is 21.0 Å². The molecule has 0 amide bonds. The van der Waals surface area contributed by atoms with Crippen molar-refractivity contribution in [2.75, 3.05) is 12.1 Å². The second-order valence-electron chi connectivity index (χ2n) is 3.66. The molecule has 0 aliphatic heterocycles. The zero-order valence-corrected chi connectivity index (χ0v) is 11.1. The first kappa shape index (κ1) is 11.9. The average Bonchev–Trinajstić information content (AvgIpc) is 2.39. The normalized spacial score (nSPS) is 10.7. The predicted molar refractivity (Wildman–Crippen MR) is 76.6 cm³/mol. The Labute approximate surface area is 110 Å². The van der Waals surface area contributed by atoms with E-state index in [1.165, 1.54) is 0 Å². The maximum absolute atomic E-state index is 4.39. The maximum Gasteiger partial charge on any atom is 0.0590 e. The Hall–Kier alpha value is -1.61. The predicted octanol–water partition coefficient (Wildman–Crippen LogP) is 3.92. The number of benzene rings is 2. The molecular formula is C14H13BrN2. The first-order valence-corrected chi connectivity index (χ1v) is 6.13. The summed E-state index contributed by atoms with van der Waals surface area (Å²) in [5.74, 6) is 0. The molecule has 0 atom stereocenters. The van der Waals surface area contributed by atoms with Crippen molar-refractivity contribution in [1.29, 1.82) is 0 Å². The molecule has 0 saturated carbocycles. The third-order valence-electron chi connectivity index (χ3n) is 2.38. The van der Waals surface area contributed by atoms with Gasteiger partial charge < -0.3 is 0 Å². The fraction of sp³-hybridized carbons (Fsp3) is 0.0714. The van der Waals surface area contributed by atoms with Crippen LogP contribution in [0.3, 0.4) is 0 Å². The van der Waals surface area contributed by atoms with Gasteiger partial charge in [-0.25, -0.2) is 0 Å². The van der Waals surface area contributed by atoms with Gasteiger partial charge in [-0.15, -0.1) is 0 Å². The van der Waals surface area contributed by atoms with Crippen LogP contribution in [0.1, 0.15) is 5.56 Å². The zero-order valence-electron chi connectivity index (χ0n) is 9.55. The van der Waals surface area contributed by atoms with Crippen molar-refractivity contribution >= 4 is 27.8 Å². The summed E-state index contributed by atoms with van der Waals surface area (Å²) >= 11 is 3.41. The highest BCUT2D eigenvalue weighted by Crippen LogP contribution is 2.12. The molecule has 0 fully saturated rings. The fourth-order valence-corrected chi connectivity index (χ4v) is 1.68. The number of para-hydroxylation sites is 1. The van der Waals surface area contributed by atoms with E-state index >= 15 is 0 Å². The van der Waals surface area contributed by atoms with Crippen molar-refractivity contribution in [2.45, 2.75) is 0 Å². The molecular weight excluding hydrogens is 276 g/mol. The van der Waals surface area contributed by atoms with Gasteiger partial charge in [-0.05, 0) is 29.8 Å². The van der Waals surface area contributed by atoms with Crippen molar-refractivity contribution in [3.63, 3.8) is 0 Å². The Kier molecular flexibility index (Phi) is 3.94. The Morgan fingerprint density at radius 1 is 1.00 bits per heavy atom. The number of hydrogen-bond donors (Lipinski definition) is 0. The molecule has 2 nitrogen and oxygen atoms in total. The highest BCUT2D eigenvalue weighted by atomic mass is 79.9. The minimum absolute atomic E-state index is 1.07. The van der Waals surface area contributed by atoms with Crippen LogP contribution in [-0.4, -0.2) is 13.3 Å². The molecule has 17 heavy (non-hydrogen) atoms. The topological polar surface area (TPSA) is 15.6 Å². The molecule has 0 heterocycles. The lowest BCUT2D eigenvalue weighted by molar-refractivity contribution is 1.02. The molecule has 0 aliphatic carbocycles. The number of rotatable bonds is 3. The van der Waals surface area contributed by atoms with Crippen LogP contribution in [0.25, 0.3) is 0 Å². The lowest BCUT2D eigenvalue weighted by atomic mass is 10.2. The summed E-state index contributed by atoms with van der Waals surface area (Å²) in [6, 6.07) is 18.1. The lowest BCUT2D eigenvalue weighted by Gasteiger charge is -2.11. The standard InChI is InChI=1S/C14H13BrN2/c1-17(14-5-3-2-4-6-14)16-11-12-7-9-13(15)10-8-12/h2-11H,1H3. The fourth-order valence-electron chi connectivity index (χ4n) is 1.41. The Morgan fingerprint density at radius 3 is 2.29 bits per heavy atom. The molecule has 0 unspecified atom stereocenters. The van der Waals surface area contributed by atoms with E-state index in [9.17, 15) is 0 Å². The second-order valence-corrected chi connectivity index (χ2v) is 4.57. The summed E-state index contributed by atoms with van der Waals surface area (Å²) in [5.41, 5.74) is 2.15. The molecule has 0 aliphatic rings. The molecule has 2 aromatic carbocycles. The molecule has 0 aromatic heterocycles. The Bertz CT molecular complexity index is 491. The summed E-state index contributed by atoms with van der Waals surface area (Å²) in [6.07, 6.45) is 1.85. The van der Waals surface area contributed by atoms with Crippen molar-refractivity contribution in [3.8, 4) is 0 Å². The van der Waals surface area contributed by atoms with Crippen LogP contribution in [0.5, 0.6) is 0 Å². The van der Waals surface area contributed by atoms with Crippen molar-refractivity contribution < 1.29 is 0 Å². The zero-order chi connectivity index (χ0) is 12.1. The van der Waals surface area contributed by atoms with Crippen molar-refractivity contribution in [3.05, 3.63) is 64.6 Å². The largest absolute Gasteiger partial charge is 0.269 e. The van der Waals surface area contributed by atoms with E-state index in [0.29, 0.717) is 0 Å². The highest BCUT2D eigenvalue weighted by molar-refractivity contribution is 9.10. The van der Waals surface area contributed by atoms with Gasteiger partial charge in [-0.1, -0.05) is 46.3 Å². The summed E-state index contributed by atoms with van der Waals surface area (Å²) < 4.78 is 1.08. The van der Waals surface area contributed by atoms with Crippen LogP contribution < -0.4 is 5.01 Å². The SMILES string of the molecule is CN(N=Cc1ccc(Br)cc1)c1ccccc1. The van der Waals surface area contributed by atoms with Crippen molar-refractivity contribution in [2.24, 2.45) is 5.10 Å². The van der Waals surface area contributed by atoms with Crippen LogP contribution in [0.2, 0.25) is 0 Å². The molecule has 0 spiro atoms. The first-order valence-electron chi connectivity index (χ1n) is 5.34. The molecule has 3 heteroatoms. The molecule has 86 valence electrons. The summed E-state index contributed by atoms with van der Waals surface area (Å²) in [7, 11) is 1.94. The number of anilines is 1. The minimum atomic E-state index is 1.07. The van der Waals surface area contributed by atoms with E-state index in [0.717, 1.165) is 15.7 Å². The molecule has 0 bridgehead atoms. The van der Waals surface area contributed by atoms with Gasteiger partial charge in [-0.2, -0.15) is 5.10 Å². The maximum atomic E-state index is 4.39. The lowest BCUT2D eigenvalue weighted by Crippen LogP contribution is -2.08. The third kappa shape index (κ3) is 3.43. The quantitative estimate of drug-likeness (QED) is 0.617. The van der Waals surface area contributed by atoms with Crippen LogP contribution in [-0.2, 0) is 0 Å². The van der Waals surface area contributed by atoms with Gasteiger partial charge in [0.25, 0.3) is 0 Å². The molecule has 0 N–H and O–H groups in total. The summed E-state index contributed by atoms with van der Waals surface area (Å²) in [6.45, 7) is 0. The number of hydrazone groups is 1. The van der Waals surface area contributed by atoms with Crippen LogP contribution in [0, 0.1) is 0 Å². The van der Waals surface area contributed by atoms with Gasteiger partial charge in [0.05, 0.1) is 11.9 Å². The number of nitrogens with zero attached hydrogens (tertiary/aromatic N) is 2. The van der Waals surface area contributed by atoms with E-state index in [4.69, 9.17) is 0 Å².